The van der Waals surface area contributed by atoms with E-state index in [-0.39, 0.29) is 35.5 Å². The number of carbonyl (C=O) groups excluding carboxylic acids is 1. The zero-order valence-corrected chi connectivity index (χ0v) is 16.3. The zero-order valence-electron chi connectivity index (χ0n) is 16.3. The molecule has 4 aromatic rings. The summed E-state index contributed by atoms with van der Waals surface area (Å²) >= 11 is 0. The van der Waals surface area contributed by atoms with E-state index in [1.54, 1.807) is 24.3 Å². The lowest BCUT2D eigenvalue weighted by atomic mass is 10.2. The molecule has 4 rings (SSSR count). The third kappa shape index (κ3) is 4.91. The highest BCUT2D eigenvalue weighted by Crippen LogP contribution is 2.13. The fraction of sp³-hybridized carbons (Fsp3) is 0.0455. The monoisotopic (exact) mass is 414 g/mol. The molecule has 2 aromatic heterocycles. The normalized spacial score (nSPS) is 10.5. The molecule has 2 aromatic carbocycles. The molecule has 0 bridgehead atoms. The molecule has 0 saturated carbocycles. The number of nitrogens with zero attached hydrogens (tertiary/aromatic N) is 4. The molecule has 0 aliphatic rings. The summed E-state index contributed by atoms with van der Waals surface area (Å²) in [7, 11) is 0. The average molecular weight is 414 g/mol. The SMILES string of the molecule is Nc1nc(COC(=O)c2ccc(=O)n(-c3ccccc3)c2)nc(Nc2ccccc2)n1. The molecular weight excluding hydrogens is 396 g/mol. The summed E-state index contributed by atoms with van der Waals surface area (Å²) in [6.45, 7) is -0.209. The van der Waals surface area contributed by atoms with Crippen LogP contribution in [-0.4, -0.2) is 25.5 Å². The maximum Gasteiger partial charge on any atom is 0.340 e. The minimum absolute atomic E-state index is 0.00268. The fourth-order valence-electron chi connectivity index (χ4n) is 2.82. The van der Waals surface area contributed by atoms with Crippen LogP contribution in [0.25, 0.3) is 5.69 Å². The summed E-state index contributed by atoms with van der Waals surface area (Å²) in [5.74, 6) is -0.198. The lowest BCUT2D eigenvalue weighted by Gasteiger charge is -2.09. The lowest BCUT2D eigenvalue weighted by molar-refractivity contribution is 0.0461. The second-order valence-electron chi connectivity index (χ2n) is 6.46. The maximum atomic E-state index is 12.5. The number of nitrogen functional groups attached to an aromatic ring is 1. The summed E-state index contributed by atoms with van der Waals surface area (Å²) in [6.07, 6.45) is 1.43. The molecule has 3 N–H and O–H groups in total. The van der Waals surface area contributed by atoms with E-state index < -0.39 is 5.97 Å². The third-order valence-electron chi connectivity index (χ3n) is 4.24. The van der Waals surface area contributed by atoms with Crippen molar-refractivity contribution >= 4 is 23.6 Å². The first-order chi connectivity index (χ1) is 15.1. The van der Waals surface area contributed by atoms with E-state index >= 15 is 0 Å². The highest BCUT2D eigenvalue weighted by molar-refractivity contribution is 5.89. The average Bonchev–Trinajstić information content (AvgIpc) is 2.79. The lowest BCUT2D eigenvalue weighted by Crippen LogP contribution is -2.19. The van der Waals surface area contributed by atoms with Crippen molar-refractivity contribution in [2.24, 2.45) is 0 Å². The van der Waals surface area contributed by atoms with Gasteiger partial charge in [0, 0.05) is 23.6 Å². The van der Waals surface area contributed by atoms with E-state index in [2.05, 4.69) is 20.3 Å². The number of hydrogen-bond donors (Lipinski definition) is 2. The van der Waals surface area contributed by atoms with Gasteiger partial charge in [0.15, 0.2) is 12.4 Å². The third-order valence-corrected chi connectivity index (χ3v) is 4.24. The number of hydrogen-bond acceptors (Lipinski definition) is 8. The molecular formula is C22H18N6O3. The molecule has 9 nitrogen and oxygen atoms in total. The van der Waals surface area contributed by atoms with Crippen LogP contribution in [0.15, 0.2) is 83.8 Å². The summed E-state index contributed by atoms with van der Waals surface area (Å²) in [4.78, 5) is 36.9. The van der Waals surface area contributed by atoms with E-state index in [9.17, 15) is 9.59 Å². The first kappa shape index (κ1) is 19.8. The minimum Gasteiger partial charge on any atom is -0.454 e. The summed E-state index contributed by atoms with van der Waals surface area (Å²) in [5, 5.41) is 3.02. The summed E-state index contributed by atoms with van der Waals surface area (Å²) in [6, 6.07) is 21.0. The second kappa shape index (κ2) is 8.87. The van der Waals surface area contributed by atoms with Crippen molar-refractivity contribution in [2.45, 2.75) is 6.61 Å². The predicted octanol–water partition coefficient (Wildman–Crippen LogP) is 2.71. The fourth-order valence-corrected chi connectivity index (χ4v) is 2.82. The molecule has 0 spiro atoms. The Morgan fingerprint density at radius 1 is 0.935 bits per heavy atom. The van der Waals surface area contributed by atoms with Gasteiger partial charge in [-0.3, -0.25) is 9.36 Å². The van der Waals surface area contributed by atoms with E-state index in [4.69, 9.17) is 10.5 Å². The number of aromatic nitrogens is 4. The van der Waals surface area contributed by atoms with Gasteiger partial charge in [-0.1, -0.05) is 36.4 Å². The van der Waals surface area contributed by atoms with Crippen LogP contribution in [-0.2, 0) is 11.3 Å². The molecule has 0 fully saturated rings. The smallest absolute Gasteiger partial charge is 0.340 e. The number of ether oxygens (including phenoxy) is 1. The van der Waals surface area contributed by atoms with Gasteiger partial charge in [-0.2, -0.15) is 15.0 Å². The van der Waals surface area contributed by atoms with E-state index in [0.717, 1.165) is 5.69 Å². The Hall–Kier alpha value is -4.53. The molecule has 0 atom stereocenters. The second-order valence-corrected chi connectivity index (χ2v) is 6.46. The first-order valence-corrected chi connectivity index (χ1v) is 9.36. The number of para-hydroxylation sites is 2. The number of pyridine rings is 1. The molecule has 0 amide bonds. The first-order valence-electron chi connectivity index (χ1n) is 9.36. The van der Waals surface area contributed by atoms with Gasteiger partial charge in [-0.25, -0.2) is 4.79 Å². The van der Waals surface area contributed by atoms with Crippen LogP contribution in [0.4, 0.5) is 17.6 Å². The quantitative estimate of drug-likeness (QED) is 0.461. The Balaban J connectivity index is 1.48. The number of carbonyl (C=O) groups is 1. The number of rotatable bonds is 6. The van der Waals surface area contributed by atoms with Crippen molar-refractivity contribution in [3.05, 3.63) is 101 Å². The van der Waals surface area contributed by atoms with Gasteiger partial charge in [-0.05, 0) is 30.3 Å². The standard InChI is InChI=1S/C22H18N6O3/c23-21-25-18(26-22(27-21)24-16-7-3-1-4-8-16)14-31-20(30)15-11-12-19(29)28(13-15)17-9-5-2-6-10-17/h1-13H,14H2,(H3,23,24,25,26,27). The van der Waals surface area contributed by atoms with Crippen molar-refractivity contribution < 1.29 is 9.53 Å². The van der Waals surface area contributed by atoms with Gasteiger partial charge in [0.1, 0.15) is 0 Å². The minimum atomic E-state index is -0.624. The zero-order chi connectivity index (χ0) is 21.6. The molecule has 0 saturated heterocycles. The number of nitrogens with two attached hydrogens (primary N) is 1. The van der Waals surface area contributed by atoms with Crippen LogP contribution in [0.1, 0.15) is 16.2 Å². The molecule has 2 heterocycles. The van der Waals surface area contributed by atoms with Crippen molar-refractivity contribution in [3.8, 4) is 5.69 Å². The topological polar surface area (TPSA) is 125 Å². The Morgan fingerprint density at radius 3 is 2.39 bits per heavy atom. The van der Waals surface area contributed by atoms with E-state index in [1.807, 2.05) is 36.4 Å². The van der Waals surface area contributed by atoms with Crippen molar-refractivity contribution in [3.63, 3.8) is 0 Å². The van der Waals surface area contributed by atoms with Crippen LogP contribution in [0.3, 0.4) is 0 Å². The summed E-state index contributed by atoms with van der Waals surface area (Å²) < 4.78 is 6.69. The van der Waals surface area contributed by atoms with Crippen LogP contribution in [0.5, 0.6) is 0 Å². The van der Waals surface area contributed by atoms with E-state index in [1.165, 1.54) is 22.9 Å². The molecule has 31 heavy (non-hydrogen) atoms. The van der Waals surface area contributed by atoms with Crippen LogP contribution in [0, 0.1) is 0 Å². The Labute approximate surface area is 177 Å². The van der Waals surface area contributed by atoms with E-state index in [0.29, 0.717) is 5.69 Å². The largest absolute Gasteiger partial charge is 0.454 e. The highest BCUT2D eigenvalue weighted by atomic mass is 16.5. The number of esters is 1. The van der Waals surface area contributed by atoms with Gasteiger partial charge in [0.25, 0.3) is 5.56 Å². The molecule has 154 valence electrons. The molecule has 0 aliphatic heterocycles. The maximum absolute atomic E-state index is 12.5. The molecule has 0 unspecified atom stereocenters. The molecule has 9 heteroatoms. The van der Waals surface area contributed by atoms with Gasteiger partial charge in [0.05, 0.1) is 5.56 Å². The van der Waals surface area contributed by atoms with Gasteiger partial charge in [-0.15, -0.1) is 0 Å². The van der Waals surface area contributed by atoms with Gasteiger partial charge in [0.2, 0.25) is 11.9 Å². The highest BCUT2D eigenvalue weighted by Gasteiger charge is 2.12. The van der Waals surface area contributed by atoms with Crippen LogP contribution >= 0.6 is 0 Å². The van der Waals surface area contributed by atoms with Crippen molar-refractivity contribution in [2.75, 3.05) is 11.1 Å². The Kier molecular flexibility index (Phi) is 5.66. The number of anilines is 3. The summed E-state index contributed by atoms with van der Waals surface area (Å²) in [5.41, 5.74) is 7.13. The predicted molar refractivity (Wildman–Crippen MR) is 115 cm³/mol. The van der Waals surface area contributed by atoms with Gasteiger partial charge < -0.3 is 15.8 Å². The molecule has 0 radical (unpaired) electrons. The van der Waals surface area contributed by atoms with Crippen LogP contribution < -0.4 is 16.6 Å². The van der Waals surface area contributed by atoms with Crippen molar-refractivity contribution in [1.29, 1.82) is 0 Å². The van der Waals surface area contributed by atoms with Gasteiger partial charge >= 0.3 is 5.97 Å². The number of nitrogens with one attached hydrogen (secondary N) is 1. The Bertz CT molecular complexity index is 1260. The molecule has 0 aliphatic carbocycles. The van der Waals surface area contributed by atoms with Crippen LogP contribution in [0.2, 0.25) is 0 Å². The Morgan fingerprint density at radius 2 is 1.65 bits per heavy atom. The van der Waals surface area contributed by atoms with Crippen molar-refractivity contribution in [1.82, 2.24) is 19.5 Å². The number of benzene rings is 2.